The number of fused-ring (bicyclic) bond motifs is 1. The first kappa shape index (κ1) is 24.8. The van der Waals surface area contributed by atoms with E-state index in [1.807, 2.05) is 13.0 Å². The molecule has 11 nitrogen and oxygen atoms in total. The molecular weight excluding hydrogens is 447 g/mol. The predicted octanol–water partition coefficient (Wildman–Crippen LogP) is 2.53. The Labute approximate surface area is 192 Å². The Morgan fingerprint density at radius 1 is 1.18 bits per heavy atom. The fourth-order valence-electron chi connectivity index (χ4n) is 3.03. The third-order valence-corrected chi connectivity index (χ3v) is 6.32. The van der Waals surface area contributed by atoms with Crippen LogP contribution in [0.2, 0.25) is 0 Å². The number of nitrogens with zero attached hydrogens (tertiary/aromatic N) is 4. The second kappa shape index (κ2) is 10.8. The van der Waals surface area contributed by atoms with E-state index in [1.165, 1.54) is 6.33 Å². The SMILES string of the molecule is CC(C)OC(=O)[C@H](C)N[P+](O)(CO[C@H](C)Cn1cnc2c(N)ncnc21)Oc1ccccc1. The van der Waals surface area contributed by atoms with Crippen molar-refractivity contribution in [2.24, 2.45) is 0 Å². The number of hydrogen-bond acceptors (Lipinski definition) is 10. The zero-order valence-corrected chi connectivity index (χ0v) is 20.0. The number of imidazole rings is 1. The fourth-order valence-corrected chi connectivity index (χ4v) is 4.84. The van der Waals surface area contributed by atoms with Gasteiger partial charge in [-0.05, 0) is 39.8 Å². The normalized spacial score (nSPS) is 15.2. The number of anilines is 1. The standard InChI is InChI=1S/C21H30N6O5P/c1-14(2)31-21(28)16(4)26-33(29,32-17-8-6-5-7-9-17)13-30-15(3)10-27-12-25-18-19(22)23-11-24-20(18)27/h5-9,11-12,14-16,26,29H,10,13H2,1-4H3,(H2,22,23,24)/q+1/t15-,16+,33?/m1/s1. The quantitative estimate of drug-likeness (QED) is 0.278. The molecule has 3 rings (SSSR count). The van der Waals surface area contributed by atoms with Crippen LogP contribution in [0.15, 0.2) is 43.0 Å². The van der Waals surface area contributed by atoms with Crippen molar-refractivity contribution in [2.75, 3.05) is 12.1 Å². The molecule has 0 spiro atoms. The number of ether oxygens (including phenoxy) is 2. The molecule has 2 heterocycles. The smallest absolute Gasteiger partial charge is 0.418 e. The molecule has 0 aliphatic rings. The van der Waals surface area contributed by atoms with Gasteiger partial charge in [0.2, 0.25) is 6.35 Å². The van der Waals surface area contributed by atoms with Gasteiger partial charge in [-0.15, -0.1) is 5.09 Å². The van der Waals surface area contributed by atoms with Crippen molar-refractivity contribution >= 4 is 30.8 Å². The number of esters is 1. The van der Waals surface area contributed by atoms with Gasteiger partial charge in [0, 0.05) is 0 Å². The van der Waals surface area contributed by atoms with E-state index in [0.29, 0.717) is 29.3 Å². The third-order valence-electron chi connectivity index (χ3n) is 4.52. The summed E-state index contributed by atoms with van der Waals surface area (Å²) in [6, 6.07) is 8.05. The highest BCUT2D eigenvalue weighted by atomic mass is 31.2. The molecule has 0 aliphatic heterocycles. The van der Waals surface area contributed by atoms with Crippen molar-refractivity contribution in [2.45, 2.75) is 52.5 Å². The number of carbonyl (C=O) groups is 1. The summed E-state index contributed by atoms with van der Waals surface area (Å²) in [4.78, 5) is 36.0. The molecule has 2 aromatic heterocycles. The van der Waals surface area contributed by atoms with E-state index in [4.69, 9.17) is 19.7 Å². The lowest BCUT2D eigenvalue weighted by Crippen LogP contribution is -2.39. The Hall–Kier alpha value is -2.85. The van der Waals surface area contributed by atoms with Crippen LogP contribution in [-0.2, 0) is 20.8 Å². The Morgan fingerprint density at radius 2 is 1.91 bits per heavy atom. The molecule has 178 valence electrons. The van der Waals surface area contributed by atoms with E-state index >= 15 is 0 Å². The first-order valence-corrected chi connectivity index (χ1v) is 12.4. The molecule has 1 unspecified atom stereocenters. The molecule has 0 saturated carbocycles. The Kier molecular flexibility index (Phi) is 8.15. The summed E-state index contributed by atoms with van der Waals surface area (Å²) in [5.74, 6) is 0.264. The first-order chi connectivity index (χ1) is 15.7. The minimum Gasteiger partial charge on any atom is -0.462 e. The number of para-hydroxylation sites is 1. The van der Waals surface area contributed by atoms with E-state index in [0.717, 1.165) is 0 Å². The first-order valence-electron chi connectivity index (χ1n) is 10.5. The number of aromatic nitrogens is 4. The van der Waals surface area contributed by atoms with E-state index in [1.54, 1.807) is 55.9 Å². The highest BCUT2D eigenvalue weighted by molar-refractivity contribution is 7.63. The van der Waals surface area contributed by atoms with Crippen molar-refractivity contribution in [3.05, 3.63) is 43.0 Å². The van der Waals surface area contributed by atoms with Crippen LogP contribution < -0.4 is 15.3 Å². The van der Waals surface area contributed by atoms with Crippen LogP contribution in [0.3, 0.4) is 0 Å². The molecule has 3 aromatic rings. The number of rotatable bonds is 11. The zero-order valence-electron chi connectivity index (χ0n) is 19.1. The van der Waals surface area contributed by atoms with Crippen molar-refractivity contribution in [3.63, 3.8) is 0 Å². The number of hydrogen-bond donors (Lipinski definition) is 3. The summed E-state index contributed by atoms with van der Waals surface area (Å²) in [5.41, 5.74) is 6.94. The number of nitrogens with one attached hydrogen (secondary N) is 1. The van der Waals surface area contributed by atoms with Crippen LogP contribution in [0, 0.1) is 0 Å². The lowest BCUT2D eigenvalue weighted by molar-refractivity contribution is -0.149. The van der Waals surface area contributed by atoms with Gasteiger partial charge < -0.3 is 19.8 Å². The fraction of sp³-hybridized carbons (Fsp3) is 0.429. The molecule has 4 N–H and O–H groups in total. The maximum atomic E-state index is 12.3. The Balaban J connectivity index is 1.69. The monoisotopic (exact) mass is 477 g/mol. The van der Waals surface area contributed by atoms with Crippen molar-refractivity contribution in [1.29, 1.82) is 0 Å². The lowest BCUT2D eigenvalue weighted by atomic mass is 10.3. The third kappa shape index (κ3) is 6.82. The summed E-state index contributed by atoms with van der Waals surface area (Å²) >= 11 is 0. The number of benzene rings is 1. The Morgan fingerprint density at radius 3 is 2.61 bits per heavy atom. The van der Waals surface area contributed by atoms with E-state index in [2.05, 4.69) is 20.0 Å². The van der Waals surface area contributed by atoms with E-state index in [-0.39, 0.29) is 18.6 Å². The average Bonchev–Trinajstić information content (AvgIpc) is 3.16. The molecular formula is C21H30N6O5P+. The van der Waals surface area contributed by atoms with E-state index in [9.17, 15) is 9.69 Å². The van der Waals surface area contributed by atoms with Gasteiger partial charge in [-0.2, -0.15) is 4.89 Å². The molecule has 12 heteroatoms. The van der Waals surface area contributed by atoms with Crippen LogP contribution in [0.25, 0.3) is 11.2 Å². The second-order valence-corrected chi connectivity index (χ2v) is 9.98. The molecule has 0 radical (unpaired) electrons. The predicted molar refractivity (Wildman–Crippen MR) is 125 cm³/mol. The lowest BCUT2D eigenvalue weighted by Gasteiger charge is -2.24. The maximum Gasteiger partial charge on any atom is 0.418 e. The molecule has 33 heavy (non-hydrogen) atoms. The van der Waals surface area contributed by atoms with Gasteiger partial charge >= 0.3 is 13.8 Å². The number of nitrogens with two attached hydrogens (primary N) is 1. The molecule has 0 bridgehead atoms. The van der Waals surface area contributed by atoms with Gasteiger partial charge in [-0.25, -0.2) is 15.0 Å². The maximum absolute atomic E-state index is 12.3. The molecule has 1 aromatic carbocycles. The van der Waals surface area contributed by atoms with Crippen LogP contribution in [0.5, 0.6) is 5.75 Å². The average molecular weight is 477 g/mol. The minimum absolute atomic E-state index is 0.161. The van der Waals surface area contributed by atoms with Gasteiger partial charge in [0.25, 0.3) is 0 Å². The summed E-state index contributed by atoms with van der Waals surface area (Å²) in [6.07, 6.45) is 2.21. The van der Waals surface area contributed by atoms with Crippen molar-refractivity contribution < 1.29 is 23.7 Å². The van der Waals surface area contributed by atoms with Crippen LogP contribution in [0.4, 0.5) is 5.82 Å². The van der Waals surface area contributed by atoms with Gasteiger partial charge in [0.1, 0.15) is 17.9 Å². The summed E-state index contributed by atoms with van der Waals surface area (Å²) < 4.78 is 18.8. The molecule has 0 aliphatic carbocycles. The highest BCUT2D eigenvalue weighted by Crippen LogP contribution is 2.52. The molecule has 3 atom stereocenters. The molecule has 0 saturated heterocycles. The summed E-state index contributed by atoms with van der Waals surface area (Å²) in [6.45, 7) is 7.38. The van der Waals surface area contributed by atoms with Crippen LogP contribution >= 0.6 is 7.87 Å². The zero-order chi connectivity index (χ0) is 24.0. The number of carbonyl (C=O) groups excluding carboxylic acids is 1. The largest absolute Gasteiger partial charge is 0.462 e. The van der Waals surface area contributed by atoms with Gasteiger partial charge in [0.15, 0.2) is 17.2 Å². The van der Waals surface area contributed by atoms with Gasteiger partial charge in [-0.3, -0.25) is 9.32 Å². The van der Waals surface area contributed by atoms with E-state index < -0.39 is 19.9 Å². The van der Waals surface area contributed by atoms with Gasteiger partial charge in [0.05, 0.1) is 25.1 Å². The minimum atomic E-state index is -3.39. The van der Waals surface area contributed by atoms with Crippen LogP contribution in [-0.4, -0.2) is 55.0 Å². The second-order valence-electron chi connectivity index (χ2n) is 7.88. The van der Waals surface area contributed by atoms with Gasteiger partial charge in [-0.1, -0.05) is 18.2 Å². The molecule has 0 amide bonds. The number of nitrogen functional groups attached to an aromatic ring is 1. The van der Waals surface area contributed by atoms with Crippen molar-refractivity contribution in [1.82, 2.24) is 24.6 Å². The summed E-state index contributed by atoms with van der Waals surface area (Å²) in [5, 5.41) is 2.89. The van der Waals surface area contributed by atoms with Crippen molar-refractivity contribution in [3.8, 4) is 5.75 Å². The molecule has 0 fully saturated rings. The topological polar surface area (TPSA) is 147 Å². The highest BCUT2D eigenvalue weighted by Gasteiger charge is 2.44. The summed E-state index contributed by atoms with van der Waals surface area (Å²) in [7, 11) is -3.39. The van der Waals surface area contributed by atoms with Crippen LogP contribution in [0.1, 0.15) is 27.7 Å². The Bertz CT molecular complexity index is 1070.